The summed E-state index contributed by atoms with van der Waals surface area (Å²) in [4.78, 5) is 34.1. The number of nitrogens with zero attached hydrogens (tertiary/aromatic N) is 4. The number of aryl methyl sites for hydroxylation is 1. The summed E-state index contributed by atoms with van der Waals surface area (Å²) in [6.07, 6.45) is -3.45. The fourth-order valence-electron chi connectivity index (χ4n) is 3.47. The van der Waals surface area contributed by atoms with Crippen LogP contribution >= 0.6 is 0 Å². The molecule has 1 amide bonds. The highest BCUT2D eigenvalue weighted by atomic mass is 19.4. The molecule has 0 aromatic carbocycles. The van der Waals surface area contributed by atoms with Crippen LogP contribution in [0.4, 0.5) is 19.1 Å². The lowest BCUT2D eigenvalue weighted by atomic mass is 10.0. The Morgan fingerprint density at radius 1 is 1.27 bits per heavy atom. The number of amides is 1. The molecule has 2 saturated heterocycles. The number of carboxylic acids is 1. The molecule has 1 N–H and O–H groups in total. The Morgan fingerprint density at radius 2 is 1.92 bits per heavy atom. The van der Waals surface area contributed by atoms with Crippen molar-refractivity contribution in [1.82, 2.24) is 14.9 Å². The summed E-state index contributed by atoms with van der Waals surface area (Å²) >= 11 is 0. The van der Waals surface area contributed by atoms with Gasteiger partial charge in [0.1, 0.15) is 5.69 Å². The molecule has 0 saturated carbocycles. The van der Waals surface area contributed by atoms with Crippen molar-refractivity contribution in [2.75, 3.05) is 24.5 Å². The number of hydrogen-bond acceptors (Lipinski definition) is 5. The quantitative estimate of drug-likeness (QED) is 0.869. The van der Waals surface area contributed by atoms with Crippen LogP contribution in [0.3, 0.4) is 0 Å². The van der Waals surface area contributed by atoms with Crippen molar-refractivity contribution in [2.24, 2.45) is 5.92 Å². The molecule has 7 nitrogen and oxygen atoms in total. The van der Waals surface area contributed by atoms with E-state index in [0.29, 0.717) is 25.9 Å². The third kappa shape index (κ3) is 3.73. The van der Waals surface area contributed by atoms with E-state index in [0.717, 1.165) is 6.07 Å². The van der Waals surface area contributed by atoms with Crippen LogP contribution in [0.2, 0.25) is 0 Å². The first-order valence-electron chi connectivity index (χ1n) is 8.35. The van der Waals surface area contributed by atoms with Crippen molar-refractivity contribution in [3.63, 3.8) is 0 Å². The summed E-state index contributed by atoms with van der Waals surface area (Å²) in [5, 5.41) is 9.06. The number of halogens is 3. The first-order valence-corrected chi connectivity index (χ1v) is 8.35. The molecule has 10 heteroatoms. The number of aromatic nitrogens is 2. The van der Waals surface area contributed by atoms with Crippen molar-refractivity contribution in [3.8, 4) is 0 Å². The third-order valence-electron chi connectivity index (χ3n) is 4.83. The molecule has 1 unspecified atom stereocenters. The molecule has 0 bridgehead atoms. The molecular weight excluding hydrogens is 353 g/mol. The highest BCUT2D eigenvalue weighted by Crippen LogP contribution is 2.31. The molecule has 0 spiro atoms. The van der Waals surface area contributed by atoms with E-state index >= 15 is 0 Å². The highest BCUT2D eigenvalue weighted by molar-refractivity contribution is 5.86. The Hall–Kier alpha value is -2.39. The monoisotopic (exact) mass is 372 g/mol. The van der Waals surface area contributed by atoms with Gasteiger partial charge in [-0.15, -0.1) is 0 Å². The summed E-state index contributed by atoms with van der Waals surface area (Å²) in [6.45, 7) is 2.50. The number of hydrogen-bond donors (Lipinski definition) is 1. The fraction of sp³-hybridized carbons (Fsp3) is 0.625. The topological polar surface area (TPSA) is 86.6 Å². The number of alkyl halides is 3. The minimum atomic E-state index is -4.53. The van der Waals surface area contributed by atoms with Crippen LogP contribution in [0.15, 0.2) is 6.07 Å². The van der Waals surface area contributed by atoms with E-state index in [1.165, 1.54) is 6.92 Å². The van der Waals surface area contributed by atoms with Gasteiger partial charge in [0.15, 0.2) is 0 Å². The summed E-state index contributed by atoms with van der Waals surface area (Å²) in [5.41, 5.74) is -0.732. The number of aliphatic carboxylic acids is 1. The number of rotatable bonds is 3. The molecule has 2 aliphatic rings. The predicted octanol–water partition coefficient (Wildman–Crippen LogP) is 1.71. The Morgan fingerprint density at radius 3 is 2.46 bits per heavy atom. The highest BCUT2D eigenvalue weighted by Gasteiger charge is 2.39. The van der Waals surface area contributed by atoms with Gasteiger partial charge < -0.3 is 14.9 Å². The van der Waals surface area contributed by atoms with E-state index in [1.54, 1.807) is 9.80 Å². The molecule has 2 aliphatic heterocycles. The van der Waals surface area contributed by atoms with Crippen LogP contribution in [-0.4, -0.2) is 57.5 Å². The van der Waals surface area contributed by atoms with E-state index in [4.69, 9.17) is 5.11 Å². The van der Waals surface area contributed by atoms with E-state index in [2.05, 4.69) is 9.97 Å². The van der Waals surface area contributed by atoms with Crippen molar-refractivity contribution in [1.29, 1.82) is 0 Å². The van der Waals surface area contributed by atoms with Crippen molar-refractivity contribution in [3.05, 3.63) is 17.5 Å². The minimum Gasteiger partial charge on any atom is -0.481 e. The number of carboxylic acid groups (broad SMARTS) is 1. The van der Waals surface area contributed by atoms with Gasteiger partial charge in [0, 0.05) is 37.8 Å². The number of carbonyl (C=O) groups is 2. The molecule has 142 valence electrons. The normalized spacial score (nSPS) is 22.2. The summed E-state index contributed by atoms with van der Waals surface area (Å²) in [5.74, 6) is -1.81. The van der Waals surface area contributed by atoms with E-state index < -0.39 is 23.8 Å². The fourth-order valence-corrected chi connectivity index (χ4v) is 3.47. The lowest BCUT2D eigenvalue weighted by Gasteiger charge is -2.37. The zero-order valence-electron chi connectivity index (χ0n) is 14.2. The Labute approximate surface area is 147 Å². The number of carbonyl (C=O) groups excluding carboxylic acids is 1. The first-order chi connectivity index (χ1) is 12.1. The van der Waals surface area contributed by atoms with Crippen LogP contribution in [-0.2, 0) is 15.8 Å². The summed E-state index contributed by atoms with van der Waals surface area (Å²) < 4.78 is 38.8. The van der Waals surface area contributed by atoms with E-state index in [1.807, 2.05) is 0 Å². The van der Waals surface area contributed by atoms with Crippen molar-refractivity contribution in [2.45, 2.75) is 38.4 Å². The molecule has 1 atom stereocenters. The van der Waals surface area contributed by atoms with Gasteiger partial charge in [0.05, 0.1) is 5.92 Å². The Balaban J connectivity index is 1.67. The van der Waals surface area contributed by atoms with Gasteiger partial charge in [0.2, 0.25) is 11.9 Å². The smallest absolute Gasteiger partial charge is 0.433 e. The van der Waals surface area contributed by atoms with Gasteiger partial charge in [-0.1, -0.05) is 0 Å². The van der Waals surface area contributed by atoms with Crippen molar-refractivity contribution < 1.29 is 27.9 Å². The zero-order valence-corrected chi connectivity index (χ0v) is 14.2. The maximum Gasteiger partial charge on any atom is 0.433 e. The van der Waals surface area contributed by atoms with Gasteiger partial charge in [-0.2, -0.15) is 13.2 Å². The maximum atomic E-state index is 12.9. The SMILES string of the molecule is Cc1cc(C(F)(F)F)nc(N2CCC(N3CC(C(=O)O)CC3=O)CC2)n1. The lowest BCUT2D eigenvalue weighted by molar-refractivity contribution is -0.142. The second kappa shape index (κ2) is 6.73. The van der Waals surface area contributed by atoms with Gasteiger partial charge in [-0.3, -0.25) is 9.59 Å². The number of piperidine rings is 1. The lowest BCUT2D eigenvalue weighted by Crippen LogP contribution is -2.46. The van der Waals surface area contributed by atoms with Crippen LogP contribution < -0.4 is 4.90 Å². The minimum absolute atomic E-state index is 0.00544. The molecule has 3 rings (SSSR count). The van der Waals surface area contributed by atoms with Gasteiger partial charge in [0.25, 0.3) is 0 Å². The second-order valence-electron chi connectivity index (χ2n) is 6.70. The first kappa shape index (κ1) is 18.4. The average Bonchev–Trinajstić information content (AvgIpc) is 2.96. The Bertz CT molecular complexity index is 717. The van der Waals surface area contributed by atoms with E-state index in [-0.39, 0.29) is 36.6 Å². The summed E-state index contributed by atoms with van der Waals surface area (Å²) in [6, 6.07) is 0.806. The number of anilines is 1. The molecule has 0 radical (unpaired) electrons. The predicted molar refractivity (Wildman–Crippen MR) is 84.5 cm³/mol. The molecule has 0 aliphatic carbocycles. The molecule has 1 aromatic heterocycles. The number of likely N-dealkylation sites (tertiary alicyclic amines) is 1. The summed E-state index contributed by atoms with van der Waals surface area (Å²) in [7, 11) is 0. The van der Waals surface area contributed by atoms with Gasteiger partial charge in [-0.25, -0.2) is 9.97 Å². The van der Waals surface area contributed by atoms with Crippen LogP contribution in [0.5, 0.6) is 0 Å². The van der Waals surface area contributed by atoms with Crippen LogP contribution in [0, 0.1) is 12.8 Å². The third-order valence-corrected chi connectivity index (χ3v) is 4.83. The average molecular weight is 372 g/mol. The van der Waals surface area contributed by atoms with Crippen LogP contribution in [0.25, 0.3) is 0 Å². The maximum absolute atomic E-state index is 12.9. The van der Waals surface area contributed by atoms with Gasteiger partial charge >= 0.3 is 12.1 Å². The second-order valence-corrected chi connectivity index (χ2v) is 6.70. The molecule has 2 fully saturated rings. The van der Waals surface area contributed by atoms with Crippen LogP contribution in [0.1, 0.15) is 30.7 Å². The standard InChI is InChI=1S/C16H19F3N4O3/c1-9-6-12(16(17,18)19)21-15(20-9)22-4-2-11(3-5-22)23-8-10(14(25)26)7-13(23)24/h6,10-11H,2-5,7-8H2,1H3,(H,25,26). The van der Waals surface area contributed by atoms with E-state index in [9.17, 15) is 22.8 Å². The van der Waals surface area contributed by atoms with Gasteiger partial charge in [-0.05, 0) is 25.8 Å². The molecule has 1 aromatic rings. The Kier molecular flexibility index (Phi) is 4.76. The largest absolute Gasteiger partial charge is 0.481 e. The van der Waals surface area contributed by atoms with Crippen molar-refractivity contribution >= 4 is 17.8 Å². The molecular formula is C16H19F3N4O3. The zero-order chi connectivity index (χ0) is 19.1. The molecule has 3 heterocycles. The molecule has 26 heavy (non-hydrogen) atoms.